The Morgan fingerprint density at radius 3 is 1.24 bits per heavy atom. The van der Waals surface area contributed by atoms with Crippen molar-refractivity contribution < 1.29 is 0 Å². The van der Waals surface area contributed by atoms with Crippen molar-refractivity contribution in [2.45, 2.75) is 44.9 Å². The zero-order valence-corrected chi connectivity index (χ0v) is 53.0. The molecule has 0 amide bonds. The zero-order chi connectivity index (χ0) is 61.4. The Morgan fingerprint density at radius 2 is 0.670 bits per heavy atom. The van der Waals surface area contributed by atoms with Crippen molar-refractivity contribution in [3.63, 3.8) is 0 Å². The Kier molecular flexibility index (Phi) is 13.8. The molecule has 14 aromatic rings. The number of halogens is 1. The number of hydrogen-bond donors (Lipinski definition) is 0. The molecule has 18 rings (SSSR count). The van der Waals surface area contributed by atoms with Crippen LogP contribution in [0.2, 0.25) is 0 Å². The van der Waals surface area contributed by atoms with Gasteiger partial charge in [0.15, 0.2) is 0 Å². The van der Waals surface area contributed by atoms with Gasteiger partial charge in [-0.15, -0.1) is 0 Å². The average molecular weight is 1230 g/mol. The summed E-state index contributed by atoms with van der Waals surface area (Å²) in [5.74, 6) is 0. The number of hydrogen-bond acceptors (Lipinski definition) is 3. The van der Waals surface area contributed by atoms with Crippen LogP contribution in [0.4, 0.5) is 51.2 Å². The molecular weight excluding hydrogens is 1170 g/mol. The third-order valence-corrected chi connectivity index (χ3v) is 19.9. The van der Waals surface area contributed by atoms with E-state index < -0.39 is 0 Å². The van der Waals surface area contributed by atoms with E-state index in [1.807, 2.05) is 0 Å². The summed E-state index contributed by atoms with van der Waals surface area (Å²) in [6.07, 6.45) is 1.06. The highest BCUT2D eigenvalue weighted by atomic mass is 79.9. The zero-order valence-electron chi connectivity index (χ0n) is 51.4. The van der Waals surface area contributed by atoms with Crippen LogP contribution in [-0.2, 0) is 17.3 Å². The second-order valence-electron chi connectivity index (χ2n) is 25.3. The Morgan fingerprint density at radius 1 is 0.286 bits per heavy atom. The monoisotopic (exact) mass is 1230 g/mol. The van der Waals surface area contributed by atoms with Gasteiger partial charge in [0.1, 0.15) is 0 Å². The van der Waals surface area contributed by atoms with Crippen LogP contribution in [0.15, 0.2) is 320 Å². The summed E-state index contributed by atoms with van der Waals surface area (Å²) in [4.78, 5) is 7.12. The minimum Gasteiger partial charge on any atom is -0.310 e. The highest BCUT2D eigenvalue weighted by Gasteiger charge is 2.37. The fourth-order valence-electron chi connectivity index (χ4n) is 15.0. The molecule has 14 aromatic carbocycles. The van der Waals surface area contributed by atoms with Gasteiger partial charge in [0, 0.05) is 66.1 Å². The van der Waals surface area contributed by atoms with Crippen molar-refractivity contribution in [2.75, 3.05) is 14.7 Å². The Hall–Kier alpha value is -10.5. The van der Waals surface area contributed by atoms with Gasteiger partial charge < -0.3 is 14.7 Å². The van der Waals surface area contributed by atoms with Gasteiger partial charge in [0.25, 0.3) is 0 Å². The van der Waals surface area contributed by atoms with Gasteiger partial charge >= 0.3 is 0 Å². The van der Waals surface area contributed by atoms with Gasteiger partial charge in [-0.1, -0.05) is 250 Å². The van der Waals surface area contributed by atoms with Crippen molar-refractivity contribution in [1.29, 1.82) is 0 Å². The second kappa shape index (κ2) is 22.5. The van der Waals surface area contributed by atoms with E-state index in [2.05, 4.69) is 374 Å². The third-order valence-electron chi connectivity index (χ3n) is 19.4. The summed E-state index contributed by atoms with van der Waals surface area (Å²) in [5, 5.41) is 5.36. The van der Waals surface area contributed by atoms with E-state index in [0.29, 0.717) is 0 Å². The first kappa shape index (κ1) is 55.8. The molecule has 91 heavy (non-hydrogen) atoms. The fraction of sp³-hybridized carbons (Fsp3) is 0.0805. The highest BCUT2D eigenvalue weighted by molar-refractivity contribution is 9.10. The van der Waals surface area contributed by atoms with Crippen LogP contribution in [0.5, 0.6) is 0 Å². The molecule has 4 aliphatic rings. The number of rotatable bonds is 7. The largest absolute Gasteiger partial charge is 0.310 e. The first-order valence-electron chi connectivity index (χ1n) is 31.6. The van der Waals surface area contributed by atoms with Crippen molar-refractivity contribution in [3.8, 4) is 44.5 Å². The van der Waals surface area contributed by atoms with Crippen molar-refractivity contribution >= 4 is 88.7 Å². The molecule has 0 fully saturated rings. The van der Waals surface area contributed by atoms with E-state index in [4.69, 9.17) is 0 Å². The summed E-state index contributed by atoms with van der Waals surface area (Å²) in [6, 6.07) is 114. The molecule has 0 saturated carbocycles. The standard InChI is InChI=1S/C43H32N2.C27H22BrN.C17H12/c1-43(2)38-19-8-6-16-34(38)35-27-26-33(28-39(35)43)44(30-14-4-3-5-15-30)31-22-24-32(25-23-31)45-40-20-9-7-17-36(40)37-18-10-12-29-13-11-21-41(45)42(29)37;1-27(2)25-11-7-6-10-23(25)24-17-16-22(18-26(24)27)29(20-8-4-3-5-9-20)21-14-12-19(28)13-15-21;1-2-9-15-13(5-1)11-14-8-3-6-12-7-4-10-16(15)17(12)14/h3-28H,1-2H3;3-18H,1-2H3;1-10H,11H2. The molecule has 0 spiro atoms. The minimum absolute atomic E-state index is 0.00991. The Balaban J connectivity index is 0.000000122. The van der Waals surface area contributed by atoms with Gasteiger partial charge in [-0.05, 0) is 204 Å². The van der Waals surface area contributed by atoms with Crippen LogP contribution < -0.4 is 14.7 Å². The summed E-state index contributed by atoms with van der Waals surface area (Å²) in [7, 11) is 0. The molecule has 4 heteroatoms. The van der Waals surface area contributed by atoms with E-state index in [1.54, 1.807) is 0 Å². The Bertz CT molecular complexity index is 5090. The molecule has 0 bridgehead atoms. The van der Waals surface area contributed by atoms with Crippen LogP contribution in [0.3, 0.4) is 0 Å². The molecule has 1 aliphatic heterocycles. The molecule has 0 aromatic heterocycles. The van der Waals surface area contributed by atoms with E-state index in [9.17, 15) is 0 Å². The lowest BCUT2D eigenvalue weighted by Crippen LogP contribution is -2.17. The van der Waals surface area contributed by atoms with E-state index >= 15 is 0 Å². The normalized spacial score (nSPS) is 13.4. The van der Waals surface area contributed by atoms with E-state index in [-0.39, 0.29) is 10.8 Å². The van der Waals surface area contributed by atoms with Crippen molar-refractivity contribution in [1.82, 2.24) is 0 Å². The fourth-order valence-corrected chi connectivity index (χ4v) is 15.3. The molecule has 3 aliphatic carbocycles. The van der Waals surface area contributed by atoms with Gasteiger partial charge in [-0.25, -0.2) is 0 Å². The lowest BCUT2D eigenvalue weighted by molar-refractivity contribution is 0.660. The average Bonchev–Trinajstić information content (AvgIpc) is 1.76. The maximum absolute atomic E-state index is 3.56. The molecule has 0 atom stereocenters. The van der Waals surface area contributed by atoms with Crippen LogP contribution in [0, 0.1) is 0 Å². The molecule has 3 nitrogen and oxygen atoms in total. The maximum Gasteiger partial charge on any atom is 0.0546 e. The smallest absolute Gasteiger partial charge is 0.0546 e. The predicted molar refractivity (Wildman–Crippen MR) is 388 cm³/mol. The molecule has 1 heterocycles. The summed E-state index contributed by atoms with van der Waals surface area (Å²) < 4.78 is 1.08. The summed E-state index contributed by atoms with van der Waals surface area (Å²) in [6.45, 7) is 9.35. The molecule has 0 N–H and O–H groups in total. The number of fused-ring (bicyclic) bond motifs is 10. The summed E-state index contributed by atoms with van der Waals surface area (Å²) in [5.41, 5.74) is 29.6. The van der Waals surface area contributed by atoms with Crippen LogP contribution in [-0.4, -0.2) is 0 Å². The van der Waals surface area contributed by atoms with E-state index in [1.165, 1.54) is 116 Å². The lowest BCUT2D eigenvalue weighted by Gasteiger charge is -2.34. The molecule has 0 saturated heterocycles. The quantitative estimate of drug-likeness (QED) is 0.157. The van der Waals surface area contributed by atoms with Crippen molar-refractivity contribution in [3.05, 3.63) is 353 Å². The number of anilines is 9. The lowest BCUT2D eigenvalue weighted by atomic mass is 9.82. The second-order valence-corrected chi connectivity index (χ2v) is 26.2. The molecule has 0 radical (unpaired) electrons. The Labute approximate surface area is 542 Å². The van der Waals surface area contributed by atoms with Crippen molar-refractivity contribution in [2.24, 2.45) is 0 Å². The summed E-state index contributed by atoms with van der Waals surface area (Å²) >= 11 is 3.56. The van der Waals surface area contributed by atoms with Gasteiger partial charge in [-0.3, -0.25) is 0 Å². The number of nitrogens with zero attached hydrogens (tertiary/aromatic N) is 3. The molecular formula is C87H66BrN3. The van der Waals surface area contributed by atoms with Crippen LogP contribution >= 0.6 is 15.9 Å². The molecule has 436 valence electrons. The minimum atomic E-state index is -0.0624. The van der Waals surface area contributed by atoms with Gasteiger partial charge in [-0.2, -0.15) is 0 Å². The maximum atomic E-state index is 3.56. The highest BCUT2D eigenvalue weighted by Crippen LogP contribution is 2.54. The predicted octanol–water partition coefficient (Wildman–Crippen LogP) is 24.7. The van der Waals surface area contributed by atoms with E-state index in [0.717, 1.165) is 45.0 Å². The van der Waals surface area contributed by atoms with Crippen LogP contribution in [0.1, 0.15) is 61.1 Å². The van der Waals surface area contributed by atoms with Gasteiger partial charge in [0.2, 0.25) is 0 Å². The first-order valence-corrected chi connectivity index (χ1v) is 32.4. The topological polar surface area (TPSA) is 9.72 Å². The SMILES string of the molecule is CC1(C)c2ccccc2-c2ccc(N(c3ccccc3)c3ccc(Br)cc3)cc21.CC1(C)c2ccccc2-c2ccc(N(c3ccccc3)c3ccc(N4c5ccccc5-c5cccc6cccc4c56)cc3)cc21.c1ccc2c(c1)Cc1cccc3cccc-2c13. The molecule has 0 unspecified atom stereocenters. The first-order chi connectivity index (χ1) is 44.6. The van der Waals surface area contributed by atoms with Gasteiger partial charge in [0.05, 0.1) is 11.4 Å². The number of para-hydroxylation sites is 3. The third kappa shape index (κ3) is 9.55. The number of benzene rings is 14. The van der Waals surface area contributed by atoms with Crippen LogP contribution in [0.25, 0.3) is 66.1 Å².